The van der Waals surface area contributed by atoms with E-state index in [1.807, 2.05) is 92.7 Å². The molecule has 0 saturated heterocycles. The number of hydrogen-bond donors (Lipinski definition) is 1. The summed E-state index contributed by atoms with van der Waals surface area (Å²) in [5.41, 5.74) is 3.93. The van der Waals surface area contributed by atoms with Gasteiger partial charge in [-0.15, -0.1) is 5.10 Å². The summed E-state index contributed by atoms with van der Waals surface area (Å²) < 4.78 is 19.8. The number of unbranched alkanes of at least 4 members (excludes halogenated alkanes) is 1. The van der Waals surface area contributed by atoms with Crippen LogP contribution in [0.25, 0.3) is 0 Å². The summed E-state index contributed by atoms with van der Waals surface area (Å²) in [6.45, 7) is 7.01. The van der Waals surface area contributed by atoms with E-state index in [2.05, 4.69) is 12.2 Å². The highest BCUT2D eigenvalue weighted by Gasteiger charge is 2.36. The maximum absolute atomic E-state index is 13.7. The second-order valence-electron chi connectivity index (χ2n) is 9.91. The molecule has 42 heavy (non-hydrogen) atoms. The van der Waals surface area contributed by atoms with Crippen LogP contribution in [0.2, 0.25) is 0 Å². The lowest BCUT2D eigenvalue weighted by Gasteiger charge is -2.28. The topological polar surface area (TPSA) is 87.5 Å². The number of carbonyl (C=O) groups is 1. The van der Waals surface area contributed by atoms with Gasteiger partial charge in [-0.3, -0.25) is 0 Å². The molecule has 5 rings (SSSR count). The molecule has 0 spiro atoms. The second kappa shape index (κ2) is 14.1. The van der Waals surface area contributed by atoms with E-state index in [-0.39, 0.29) is 6.61 Å². The smallest absolute Gasteiger partial charge is 0.338 e. The molecule has 2 heterocycles. The Morgan fingerprint density at radius 3 is 2.33 bits per heavy atom. The molecule has 1 aromatic heterocycles. The zero-order chi connectivity index (χ0) is 29.3. The standard InChI is InChI=1S/C33H36N4O4S/c1-4-6-19-42-33-35-32-34-23(3)29(31(38)41-22-25-15-11-8-12-16-25)30(37(32)36-33)26-17-18-27(28(20-26)39-5-2)40-21-24-13-9-7-10-14-24/h7-18,20,30H,4-6,19,21-22H2,1-3H3,(H,34,35,36). The Kier molecular flexibility index (Phi) is 9.82. The highest BCUT2D eigenvalue weighted by Crippen LogP contribution is 2.40. The van der Waals surface area contributed by atoms with Gasteiger partial charge in [0.15, 0.2) is 11.5 Å². The molecule has 1 aliphatic rings. The number of carbonyl (C=O) groups excluding carboxylic acids is 1. The molecule has 0 bridgehead atoms. The van der Waals surface area contributed by atoms with Crippen LogP contribution in [0, 0.1) is 0 Å². The Bertz CT molecular complexity index is 1520. The fraction of sp³-hybridized carbons (Fsp3) is 0.303. The first kappa shape index (κ1) is 29.3. The van der Waals surface area contributed by atoms with Gasteiger partial charge in [-0.25, -0.2) is 9.48 Å². The number of anilines is 1. The van der Waals surface area contributed by atoms with Gasteiger partial charge in [-0.05, 0) is 49.1 Å². The number of benzene rings is 3. The van der Waals surface area contributed by atoms with Crippen LogP contribution >= 0.6 is 11.8 Å². The molecule has 8 nitrogen and oxygen atoms in total. The van der Waals surface area contributed by atoms with E-state index in [0.717, 1.165) is 35.3 Å². The predicted octanol–water partition coefficient (Wildman–Crippen LogP) is 7.18. The van der Waals surface area contributed by atoms with Crippen LogP contribution in [0.15, 0.2) is 95.3 Å². The lowest BCUT2D eigenvalue weighted by atomic mass is 9.95. The highest BCUT2D eigenvalue weighted by atomic mass is 32.2. The van der Waals surface area contributed by atoms with Gasteiger partial charge >= 0.3 is 5.97 Å². The van der Waals surface area contributed by atoms with Gasteiger partial charge < -0.3 is 19.5 Å². The molecule has 0 fully saturated rings. The largest absolute Gasteiger partial charge is 0.490 e. The summed E-state index contributed by atoms with van der Waals surface area (Å²) in [4.78, 5) is 18.4. The zero-order valence-corrected chi connectivity index (χ0v) is 25.0. The monoisotopic (exact) mass is 584 g/mol. The van der Waals surface area contributed by atoms with Crippen LogP contribution < -0.4 is 14.8 Å². The van der Waals surface area contributed by atoms with E-state index in [1.165, 1.54) is 0 Å². The van der Waals surface area contributed by atoms with Crippen molar-refractivity contribution in [3.8, 4) is 11.5 Å². The van der Waals surface area contributed by atoms with E-state index < -0.39 is 12.0 Å². The summed E-state index contributed by atoms with van der Waals surface area (Å²) in [7, 11) is 0. The third kappa shape index (κ3) is 6.97. The maximum Gasteiger partial charge on any atom is 0.338 e. The molecule has 3 aromatic carbocycles. The molecule has 9 heteroatoms. The van der Waals surface area contributed by atoms with Crippen LogP contribution in [-0.4, -0.2) is 33.1 Å². The second-order valence-corrected chi connectivity index (χ2v) is 11.0. The third-order valence-electron chi connectivity index (χ3n) is 6.82. The Hall–Kier alpha value is -4.24. The predicted molar refractivity (Wildman–Crippen MR) is 165 cm³/mol. The highest BCUT2D eigenvalue weighted by molar-refractivity contribution is 7.99. The van der Waals surface area contributed by atoms with Crippen molar-refractivity contribution in [3.63, 3.8) is 0 Å². The van der Waals surface area contributed by atoms with Crippen LogP contribution in [0.1, 0.15) is 56.3 Å². The summed E-state index contributed by atoms with van der Waals surface area (Å²) in [6.07, 6.45) is 2.17. The van der Waals surface area contributed by atoms with Crippen LogP contribution in [-0.2, 0) is 22.7 Å². The lowest BCUT2D eigenvalue weighted by Crippen LogP contribution is -2.29. The molecular formula is C33H36N4O4S. The molecule has 1 atom stereocenters. The normalized spacial score (nSPS) is 14.2. The Balaban J connectivity index is 1.49. The van der Waals surface area contributed by atoms with Crippen molar-refractivity contribution in [2.24, 2.45) is 0 Å². The molecule has 0 amide bonds. The van der Waals surface area contributed by atoms with E-state index in [9.17, 15) is 4.79 Å². The number of hydrogen-bond acceptors (Lipinski definition) is 8. The van der Waals surface area contributed by atoms with Crippen molar-refractivity contribution in [3.05, 3.63) is 107 Å². The first-order chi connectivity index (χ1) is 20.6. The minimum absolute atomic E-state index is 0.169. The van der Waals surface area contributed by atoms with Crippen LogP contribution in [0.4, 0.5) is 5.95 Å². The van der Waals surface area contributed by atoms with E-state index in [4.69, 9.17) is 24.3 Å². The van der Waals surface area contributed by atoms with Gasteiger partial charge in [0.2, 0.25) is 11.1 Å². The van der Waals surface area contributed by atoms with Gasteiger partial charge in [0, 0.05) is 11.4 Å². The molecule has 1 unspecified atom stereocenters. The number of thioether (sulfide) groups is 1. The number of aromatic nitrogens is 3. The maximum atomic E-state index is 13.7. The first-order valence-corrected chi connectivity index (χ1v) is 15.3. The van der Waals surface area contributed by atoms with E-state index >= 15 is 0 Å². The van der Waals surface area contributed by atoms with Crippen molar-refractivity contribution < 1.29 is 19.0 Å². The molecule has 0 saturated carbocycles. The SMILES string of the molecule is CCCCSc1nc2n(n1)C(c1ccc(OCc3ccccc3)c(OCC)c1)C(C(=O)OCc1ccccc1)=C(C)N2. The van der Waals surface area contributed by atoms with Gasteiger partial charge in [0.25, 0.3) is 0 Å². The van der Waals surface area contributed by atoms with Gasteiger partial charge in [0.05, 0.1) is 12.2 Å². The Labute approximate surface area is 251 Å². The lowest BCUT2D eigenvalue weighted by molar-refractivity contribution is -0.140. The van der Waals surface area contributed by atoms with Crippen molar-refractivity contribution in [2.45, 2.75) is 58.0 Å². The fourth-order valence-corrected chi connectivity index (χ4v) is 5.60. The number of esters is 1. The molecular weight excluding hydrogens is 548 g/mol. The van der Waals surface area contributed by atoms with Crippen LogP contribution in [0.3, 0.4) is 0 Å². The third-order valence-corrected chi connectivity index (χ3v) is 7.74. The summed E-state index contributed by atoms with van der Waals surface area (Å²) in [5, 5.41) is 8.78. The zero-order valence-electron chi connectivity index (χ0n) is 24.2. The number of allylic oxidation sites excluding steroid dienone is 1. The van der Waals surface area contributed by atoms with Gasteiger partial charge in [-0.2, -0.15) is 4.98 Å². The molecule has 1 aliphatic heterocycles. The number of ether oxygens (including phenoxy) is 3. The van der Waals surface area contributed by atoms with Crippen molar-refractivity contribution in [2.75, 3.05) is 17.7 Å². The molecule has 0 aliphatic carbocycles. The minimum Gasteiger partial charge on any atom is -0.490 e. The average Bonchev–Trinajstić information content (AvgIpc) is 3.42. The minimum atomic E-state index is -0.570. The summed E-state index contributed by atoms with van der Waals surface area (Å²) >= 11 is 1.61. The molecule has 1 N–H and O–H groups in total. The van der Waals surface area contributed by atoms with Crippen LogP contribution in [0.5, 0.6) is 11.5 Å². The number of nitrogens with zero attached hydrogens (tertiary/aromatic N) is 3. The number of rotatable bonds is 13. The van der Waals surface area contributed by atoms with Crippen molar-refractivity contribution >= 4 is 23.7 Å². The Morgan fingerprint density at radius 2 is 1.64 bits per heavy atom. The van der Waals surface area contributed by atoms with Crippen molar-refractivity contribution in [1.82, 2.24) is 14.8 Å². The molecule has 4 aromatic rings. The van der Waals surface area contributed by atoms with Gasteiger partial charge in [-0.1, -0.05) is 91.8 Å². The van der Waals surface area contributed by atoms with E-state index in [0.29, 0.717) is 47.1 Å². The Morgan fingerprint density at radius 1 is 0.929 bits per heavy atom. The summed E-state index contributed by atoms with van der Waals surface area (Å²) in [6, 6.07) is 24.8. The first-order valence-electron chi connectivity index (χ1n) is 14.3. The molecule has 0 radical (unpaired) electrons. The number of fused-ring (bicyclic) bond motifs is 1. The number of nitrogens with one attached hydrogen (secondary N) is 1. The average molecular weight is 585 g/mol. The summed E-state index contributed by atoms with van der Waals surface area (Å²) in [5.74, 6) is 2.31. The van der Waals surface area contributed by atoms with Crippen molar-refractivity contribution in [1.29, 1.82) is 0 Å². The molecule has 218 valence electrons. The van der Waals surface area contributed by atoms with E-state index in [1.54, 1.807) is 16.4 Å². The van der Waals surface area contributed by atoms with Gasteiger partial charge in [0.1, 0.15) is 19.3 Å². The fourth-order valence-electron chi connectivity index (χ4n) is 4.69. The quantitative estimate of drug-likeness (QED) is 0.100.